The van der Waals surface area contributed by atoms with E-state index in [0.717, 1.165) is 10.9 Å². The molecule has 0 saturated carbocycles. The van der Waals surface area contributed by atoms with Gasteiger partial charge in [-0.15, -0.1) is 0 Å². The van der Waals surface area contributed by atoms with Gasteiger partial charge in [0.1, 0.15) is 0 Å². The van der Waals surface area contributed by atoms with Crippen LogP contribution in [0.5, 0.6) is 0 Å². The molecule has 2 aliphatic rings. The monoisotopic (exact) mass is 249 g/mol. The summed E-state index contributed by atoms with van der Waals surface area (Å²) in [7, 11) is 0. The molecule has 1 N–H and O–H groups in total. The second-order valence-electron chi connectivity index (χ2n) is 5.49. The number of nitrogens with one attached hydrogen (secondary N) is 1. The number of halogens is 1. The molecule has 2 heteroatoms. The third-order valence-corrected chi connectivity index (χ3v) is 4.48. The molecular formula is C15H20ClN. The molecule has 1 aromatic rings. The van der Waals surface area contributed by atoms with Crippen LogP contribution in [0.1, 0.15) is 36.0 Å². The van der Waals surface area contributed by atoms with E-state index in [-0.39, 0.29) is 0 Å². The lowest BCUT2D eigenvalue weighted by atomic mass is 9.91. The summed E-state index contributed by atoms with van der Waals surface area (Å²) >= 11 is 6.38. The Morgan fingerprint density at radius 3 is 3.00 bits per heavy atom. The summed E-state index contributed by atoms with van der Waals surface area (Å²) in [5.74, 6) is 0.805. The topological polar surface area (TPSA) is 12.0 Å². The van der Waals surface area contributed by atoms with Crippen molar-refractivity contribution in [2.75, 3.05) is 13.1 Å². The molecule has 17 heavy (non-hydrogen) atoms. The first-order valence-corrected chi connectivity index (χ1v) is 7.21. The Bertz CT molecular complexity index is 408. The summed E-state index contributed by atoms with van der Waals surface area (Å²) in [6, 6.07) is 4.61. The second kappa shape index (κ2) is 4.99. The van der Waals surface area contributed by atoms with Gasteiger partial charge in [0, 0.05) is 5.02 Å². The zero-order valence-corrected chi connectivity index (χ0v) is 11.0. The summed E-state index contributed by atoms with van der Waals surface area (Å²) in [6.07, 6.45) is 7.57. The Kier molecular flexibility index (Phi) is 3.39. The molecule has 92 valence electrons. The number of hydrogen-bond donors (Lipinski definition) is 1. The number of rotatable bonds is 2. The number of benzene rings is 1. The van der Waals surface area contributed by atoms with Crippen LogP contribution >= 0.6 is 11.6 Å². The Morgan fingerprint density at radius 1 is 1.24 bits per heavy atom. The van der Waals surface area contributed by atoms with E-state index >= 15 is 0 Å². The van der Waals surface area contributed by atoms with Crippen molar-refractivity contribution in [2.24, 2.45) is 5.92 Å². The summed E-state index contributed by atoms with van der Waals surface area (Å²) in [6.45, 7) is 2.37. The maximum absolute atomic E-state index is 6.38. The van der Waals surface area contributed by atoms with Gasteiger partial charge < -0.3 is 5.32 Å². The first kappa shape index (κ1) is 11.6. The minimum atomic E-state index is 0.805. The van der Waals surface area contributed by atoms with E-state index in [2.05, 4.69) is 17.4 Å². The Morgan fingerprint density at radius 2 is 2.18 bits per heavy atom. The standard InChI is InChI=1S/C15H20ClN/c16-15-9-12(7-11-3-2-6-17-10-11)8-13-4-1-5-14(13)15/h8-9,11,17H,1-7,10H2. The zero-order chi connectivity index (χ0) is 11.7. The van der Waals surface area contributed by atoms with Crippen LogP contribution in [0.2, 0.25) is 5.02 Å². The molecule has 1 saturated heterocycles. The van der Waals surface area contributed by atoms with Crippen LogP contribution in [0, 0.1) is 5.92 Å². The average Bonchev–Trinajstić information content (AvgIpc) is 2.79. The number of aryl methyl sites for hydroxylation is 1. The molecule has 1 heterocycles. The average molecular weight is 250 g/mol. The van der Waals surface area contributed by atoms with E-state index < -0.39 is 0 Å². The van der Waals surface area contributed by atoms with Crippen molar-refractivity contribution in [1.29, 1.82) is 0 Å². The third kappa shape index (κ3) is 2.51. The number of fused-ring (bicyclic) bond motifs is 1. The van der Waals surface area contributed by atoms with E-state index in [1.54, 1.807) is 0 Å². The zero-order valence-electron chi connectivity index (χ0n) is 10.3. The third-order valence-electron chi connectivity index (χ3n) is 4.14. The predicted molar refractivity (Wildman–Crippen MR) is 72.8 cm³/mol. The molecule has 1 atom stereocenters. The quantitative estimate of drug-likeness (QED) is 0.848. The smallest absolute Gasteiger partial charge is 0.0443 e. The van der Waals surface area contributed by atoms with Crippen molar-refractivity contribution in [1.82, 2.24) is 5.32 Å². The molecule has 0 spiro atoms. The highest BCUT2D eigenvalue weighted by molar-refractivity contribution is 6.31. The van der Waals surface area contributed by atoms with Gasteiger partial charge in [0.05, 0.1) is 0 Å². The lowest BCUT2D eigenvalue weighted by Crippen LogP contribution is -2.30. The fourth-order valence-corrected chi connectivity index (χ4v) is 3.62. The minimum Gasteiger partial charge on any atom is -0.316 e. The van der Waals surface area contributed by atoms with Crippen molar-refractivity contribution >= 4 is 11.6 Å². The van der Waals surface area contributed by atoms with Crippen molar-refractivity contribution in [3.8, 4) is 0 Å². The van der Waals surface area contributed by atoms with Gasteiger partial charge in [0.25, 0.3) is 0 Å². The summed E-state index contributed by atoms with van der Waals surface area (Å²) in [5.41, 5.74) is 4.37. The minimum absolute atomic E-state index is 0.805. The highest BCUT2D eigenvalue weighted by atomic mass is 35.5. The molecule has 1 nitrogen and oxygen atoms in total. The molecule has 1 fully saturated rings. The lowest BCUT2D eigenvalue weighted by molar-refractivity contribution is 0.376. The highest BCUT2D eigenvalue weighted by Crippen LogP contribution is 2.31. The normalized spacial score (nSPS) is 23.7. The van der Waals surface area contributed by atoms with Gasteiger partial charge in [-0.2, -0.15) is 0 Å². The molecule has 0 bridgehead atoms. The number of piperidine rings is 1. The molecule has 0 aromatic heterocycles. The largest absolute Gasteiger partial charge is 0.316 e. The van der Waals surface area contributed by atoms with E-state index in [1.807, 2.05) is 0 Å². The fourth-order valence-electron chi connectivity index (χ4n) is 3.26. The van der Waals surface area contributed by atoms with Gasteiger partial charge in [-0.05, 0) is 80.3 Å². The Balaban J connectivity index is 1.76. The van der Waals surface area contributed by atoms with Gasteiger partial charge in [-0.1, -0.05) is 17.7 Å². The fraction of sp³-hybridized carbons (Fsp3) is 0.600. The predicted octanol–water partition coefficient (Wildman–Crippen LogP) is 3.37. The first-order chi connectivity index (χ1) is 8.33. The van der Waals surface area contributed by atoms with Crippen LogP contribution in [-0.2, 0) is 19.3 Å². The summed E-state index contributed by atoms with van der Waals surface area (Å²) < 4.78 is 0. The summed E-state index contributed by atoms with van der Waals surface area (Å²) in [5, 5.41) is 4.50. The van der Waals surface area contributed by atoms with Gasteiger partial charge in [0.2, 0.25) is 0 Å². The van der Waals surface area contributed by atoms with Crippen molar-refractivity contribution in [3.63, 3.8) is 0 Å². The lowest BCUT2D eigenvalue weighted by Gasteiger charge is -2.23. The molecule has 1 aliphatic carbocycles. The molecule has 0 radical (unpaired) electrons. The van der Waals surface area contributed by atoms with E-state index in [9.17, 15) is 0 Å². The van der Waals surface area contributed by atoms with E-state index in [1.165, 1.54) is 68.3 Å². The van der Waals surface area contributed by atoms with Gasteiger partial charge in [-0.3, -0.25) is 0 Å². The van der Waals surface area contributed by atoms with E-state index in [0.29, 0.717) is 0 Å². The van der Waals surface area contributed by atoms with Gasteiger partial charge in [0.15, 0.2) is 0 Å². The molecule has 1 aromatic carbocycles. The highest BCUT2D eigenvalue weighted by Gasteiger charge is 2.18. The SMILES string of the molecule is Clc1cc(CC2CCCNC2)cc2c1CCC2. The summed E-state index contributed by atoms with van der Waals surface area (Å²) in [4.78, 5) is 0. The van der Waals surface area contributed by atoms with Gasteiger partial charge in [-0.25, -0.2) is 0 Å². The van der Waals surface area contributed by atoms with Crippen molar-refractivity contribution in [2.45, 2.75) is 38.5 Å². The van der Waals surface area contributed by atoms with Crippen LogP contribution < -0.4 is 5.32 Å². The Labute approximate surface area is 109 Å². The molecule has 1 unspecified atom stereocenters. The number of hydrogen-bond acceptors (Lipinski definition) is 1. The second-order valence-corrected chi connectivity index (χ2v) is 5.89. The molecule has 0 amide bonds. The first-order valence-electron chi connectivity index (χ1n) is 6.84. The Hall–Kier alpha value is -0.530. The van der Waals surface area contributed by atoms with Crippen LogP contribution in [-0.4, -0.2) is 13.1 Å². The van der Waals surface area contributed by atoms with E-state index in [4.69, 9.17) is 11.6 Å². The van der Waals surface area contributed by atoms with Crippen molar-refractivity contribution < 1.29 is 0 Å². The van der Waals surface area contributed by atoms with Gasteiger partial charge >= 0.3 is 0 Å². The van der Waals surface area contributed by atoms with Crippen LogP contribution in [0.4, 0.5) is 0 Å². The maximum atomic E-state index is 6.38. The molecule has 1 aliphatic heterocycles. The maximum Gasteiger partial charge on any atom is 0.0443 e. The molecular weight excluding hydrogens is 230 g/mol. The van der Waals surface area contributed by atoms with Crippen molar-refractivity contribution in [3.05, 3.63) is 33.8 Å². The van der Waals surface area contributed by atoms with Crippen LogP contribution in [0.15, 0.2) is 12.1 Å². The van der Waals surface area contributed by atoms with Crippen LogP contribution in [0.25, 0.3) is 0 Å². The molecule has 3 rings (SSSR count). The van der Waals surface area contributed by atoms with Crippen LogP contribution in [0.3, 0.4) is 0 Å².